The zero-order chi connectivity index (χ0) is 21.8. The second-order valence-electron chi connectivity index (χ2n) is 7.91. The molecule has 0 radical (unpaired) electrons. The molecule has 0 aliphatic heterocycles. The van der Waals surface area contributed by atoms with Crippen molar-refractivity contribution in [2.24, 2.45) is 0 Å². The summed E-state index contributed by atoms with van der Waals surface area (Å²) >= 11 is 12.5. The molecule has 1 atom stereocenters. The van der Waals surface area contributed by atoms with Gasteiger partial charge in [0.15, 0.2) is 0 Å². The van der Waals surface area contributed by atoms with E-state index in [1.807, 2.05) is 20.8 Å². The highest BCUT2D eigenvalue weighted by molar-refractivity contribution is 6.36. The second-order valence-corrected chi connectivity index (χ2v) is 8.72. The first kappa shape index (κ1) is 23.2. The van der Waals surface area contributed by atoms with Crippen LogP contribution in [0.1, 0.15) is 38.8 Å². The number of hydrogen-bond acceptors (Lipinski definition) is 2. The molecule has 0 spiro atoms. The average Bonchev–Trinajstić information content (AvgIpc) is 2.61. The number of rotatable bonds is 6. The average molecular weight is 439 g/mol. The third-order valence-corrected chi connectivity index (χ3v) is 5.06. The van der Waals surface area contributed by atoms with Gasteiger partial charge in [-0.2, -0.15) is 0 Å². The van der Waals surface area contributed by atoms with Crippen LogP contribution in [0.15, 0.2) is 42.5 Å². The van der Waals surface area contributed by atoms with E-state index in [0.717, 1.165) is 0 Å². The molecule has 0 aliphatic rings. The monoisotopic (exact) mass is 438 g/mol. The van der Waals surface area contributed by atoms with E-state index in [1.54, 1.807) is 43.3 Å². The summed E-state index contributed by atoms with van der Waals surface area (Å²) in [4.78, 5) is 27.2. The van der Waals surface area contributed by atoms with Gasteiger partial charge >= 0.3 is 0 Å². The molecule has 2 aromatic carbocycles. The number of nitrogens with zero attached hydrogens (tertiary/aromatic N) is 1. The van der Waals surface area contributed by atoms with Gasteiger partial charge in [0.1, 0.15) is 11.9 Å². The van der Waals surface area contributed by atoms with Crippen LogP contribution in [0.2, 0.25) is 10.0 Å². The molecule has 2 aromatic rings. The van der Waals surface area contributed by atoms with Crippen molar-refractivity contribution >= 4 is 35.0 Å². The lowest BCUT2D eigenvalue weighted by molar-refractivity contribution is -0.140. The normalized spacial score (nSPS) is 12.4. The van der Waals surface area contributed by atoms with Crippen molar-refractivity contribution in [3.63, 3.8) is 0 Å². The van der Waals surface area contributed by atoms with Gasteiger partial charge in [-0.05, 0) is 51.5 Å². The summed E-state index contributed by atoms with van der Waals surface area (Å²) in [5, 5.41) is 3.66. The van der Waals surface area contributed by atoms with Gasteiger partial charge in [-0.1, -0.05) is 47.5 Å². The highest BCUT2D eigenvalue weighted by Gasteiger charge is 2.29. The molecule has 0 heterocycles. The smallest absolute Gasteiger partial charge is 0.242 e. The van der Waals surface area contributed by atoms with Crippen LogP contribution in [-0.4, -0.2) is 28.3 Å². The van der Waals surface area contributed by atoms with Crippen LogP contribution in [-0.2, 0) is 22.6 Å². The fourth-order valence-corrected chi connectivity index (χ4v) is 3.33. The SMILES string of the molecule is C[C@H](C(=O)NC(C)(C)C)N(Cc1c(Cl)cccc1Cl)C(=O)Cc1ccccc1F. The molecule has 0 aromatic heterocycles. The first-order valence-corrected chi connectivity index (χ1v) is 10.0. The molecular formula is C22H25Cl2FN2O2. The molecule has 0 fully saturated rings. The highest BCUT2D eigenvalue weighted by atomic mass is 35.5. The van der Waals surface area contributed by atoms with E-state index in [9.17, 15) is 14.0 Å². The Morgan fingerprint density at radius 1 is 1.07 bits per heavy atom. The number of halogens is 3. The maximum atomic E-state index is 14.1. The van der Waals surface area contributed by atoms with Crippen LogP contribution in [0.5, 0.6) is 0 Å². The second kappa shape index (κ2) is 9.59. The van der Waals surface area contributed by atoms with Crippen LogP contribution in [0.4, 0.5) is 4.39 Å². The quantitative estimate of drug-likeness (QED) is 0.688. The minimum atomic E-state index is -0.805. The van der Waals surface area contributed by atoms with Gasteiger partial charge in [0.25, 0.3) is 0 Å². The third-order valence-electron chi connectivity index (χ3n) is 4.36. The Kier molecular flexibility index (Phi) is 7.66. The van der Waals surface area contributed by atoms with Gasteiger partial charge in [-0.25, -0.2) is 4.39 Å². The fraction of sp³-hybridized carbons (Fsp3) is 0.364. The highest BCUT2D eigenvalue weighted by Crippen LogP contribution is 2.27. The lowest BCUT2D eigenvalue weighted by Gasteiger charge is -2.32. The van der Waals surface area contributed by atoms with E-state index in [2.05, 4.69) is 5.32 Å². The molecule has 0 bridgehead atoms. The van der Waals surface area contributed by atoms with E-state index in [0.29, 0.717) is 15.6 Å². The molecule has 2 amide bonds. The fourth-order valence-electron chi connectivity index (χ4n) is 2.82. The van der Waals surface area contributed by atoms with Crippen molar-refractivity contribution in [1.29, 1.82) is 0 Å². The number of nitrogens with one attached hydrogen (secondary N) is 1. The van der Waals surface area contributed by atoms with Gasteiger partial charge in [-0.15, -0.1) is 0 Å². The Labute approximate surface area is 181 Å². The minimum absolute atomic E-state index is 0.0323. The van der Waals surface area contributed by atoms with E-state index in [4.69, 9.17) is 23.2 Å². The Bertz CT molecular complexity index is 876. The van der Waals surface area contributed by atoms with Gasteiger partial charge in [-0.3, -0.25) is 9.59 Å². The van der Waals surface area contributed by atoms with E-state index >= 15 is 0 Å². The van der Waals surface area contributed by atoms with Gasteiger partial charge in [0.2, 0.25) is 11.8 Å². The molecule has 1 N–H and O–H groups in total. The molecule has 4 nitrogen and oxygen atoms in total. The Morgan fingerprint density at radius 2 is 1.66 bits per heavy atom. The van der Waals surface area contributed by atoms with Crippen LogP contribution in [0, 0.1) is 5.82 Å². The Balaban J connectivity index is 2.35. The lowest BCUT2D eigenvalue weighted by Crippen LogP contribution is -2.52. The van der Waals surface area contributed by atoms with Crippen molar-refractivity contribution in [3.05, 3.63) is 69.5 Å². The molecule has 29 heavy (non-hydrogen) atoms. The van der Waals surface area contributed by atoms with E-state index in [-0.39, 0.29) is 24.4 Å². The van der Waals surface area contributed by atoms with Crippen molar-refractivity contribution in [1.82, 2.24) is 10.2 Å². The standard InChI is InChI=1S/C22H25Cl2FN2O2/c1-14(21(29)26-22(2,3)4)27(13-16-17(23)9-7-10-18(16)24)20(28)12-15-8-5-6-11-19(15)25/h5-11,14H,12-13H2,1-4H3,(H,26,29)/t14-/m1/s1. The minimum Gasteiger partial charge on any atom is -0.350 e. The Morgan fingerprint density at radius 3 is 2.21 bits per heavy atom. The summed E-state index contributed by atoms with van der Waals surface area (Å²) < 4.78 is 14.1. The Hall–Kier alpha value is -2.11. The number of hydrogen-bond donors (Lipinski definition) is 1. The van der Waals surface area contributed by atoms with Crippen LogP contribution >= 0.6 is 23.2 Å². The van der Waals surface area contributed by atoms with Gasteiger partial charge in [0, 0.05) is 27.7 Å². The summed E-state index contributed by atoms with van der Waals surface area (Å²) in [5.41, 5.74) is 0.331. The molecule has 2 rings (SSSR count). The summed E-state index contributed by atoms with van der Waals surface area (Å²) in [5.74, 6) is -1.19. The summed E-state index contributed by atoms with van der Waals surface area (Å²) in [6.45, 7) is 7.23. The lowest BCUT2D eigenvalue weighted by atomic mass is 10.1. The molecule has 0 saturated carbocycles. The predicted molar refractivity (Wildman–Crippen MR) is 114 cm³/mol. The molecule has 0 aliphatic carbocycles. The first-order chi connectivity index (χ1) is 13.5. The summed E-state index contributed by atoms with van der Waals surface area (Å²) in [6.07, 6.45) is -0.179. The van der Waals surface area contributed by atoms with Crippen LogP contribution in [0.3, 0.4) is 0 Å². The van der Waals surface area contributed by atoms with Crippen LogP contribution in [0.25, 0.3) is 0 Å². The van der Waals surface area contributed by atoms with Gasteiger partial charge < -0.3 is 10.2 Å². The summed E-state index contributed by atoms with van der Waals surface area (Å²) in [7, 11) is 0. The van der Waals surface area contributed by atoms with Crippen molar-refractivity contribution in [2.75, 3.05) is 0 Å². The zero-order valence-corrected chi connectivity index (χ0v) is 18.4. The predicted octanol–water partition coefficient (Wildman–Crippen LogP) is 5.01. The molecule has 156 valence electrons. The van der Waals surface area contributed by atoms with E-state index in [1.165, 1.54) is 11.0 Å². The molecule has 0 unspecified atom stereocenters. The number of benzene rings is 2. The maximum absolute atomic E-state index is 14.1. The molecular weight excluding hydrogens is 414 g/mol. The molecule has 7 heteroatoms. The van der Waals surface area contributed by atoms with Crippen LogP contribution < -0.4 is 5.32 Å². The number of carbonyl (C=O) groups is 2. The maximum Gasteiger partial charge on any atom is 0.242 e. The zero-order valence-electron chi connectivity index (χ0n) is 16.9. The van der Waals surface area contributed by atoms with E-state index < -0.39 is 23.3 Å². The largest absolute Gasteiger partial charge is 0.350 e. The van der Waals surface area contributed by atoms with Crippen molar-refractivity contribution in [2.45, 2.75) is 52.2 Å². The molecule has 0 saturated heterocycles. The topological polar surface area (TPSA) is 49.4 Å². The van der Waals surface area contributed by atoms with Crippen molar-refractivity contribution in [3.8, 4) is 0 Å². The number of amides is 2. The number of carbonyl (C=O) groups excluding carboxylic acids is 2. The van der Waals surface area contributed by atoms with Crippen molar-refractivity contribution < 1.29 is 14.0 Å². The first-order valence-electron chi connectivity index (χ1n) is 9.27. The summed E-state index contributed by atoms with van der Waals surface area (Å²) in [6, 6.07) is 10.3. The third kappa shape index (κ3) is 6.44. The van der Waals surface area contributed by atoms with Gasteiger partial charge in [0.05, 0.1) is 6.42 Å².